The molecule has 1 unspecified atom stereocenters. The first kappa shape index (κ1) is 20.2. The summed E-state index contributed by atoms with van der Waals surface area (Å²) in [4.78, 5) is 47.8. The predicted octanol–water partition coefficient (Wildman–Crippen LogP) is 3.94. The Hall–Kier alpha value is -4.73. The number of carbonyl (C=O) groups excluding carboxylic acids is 1. The quantitative estimate of drug-likeness (QED) is 0.198. The fraction of sp³-hybridized carbons (Fsp3) is 0.0870. The van der Waals surface area contributed by atoms with Gasteiger partial charge >= 0.3 is 17.2 Å². The van der Waals surface area contributed by atoms with Gasteiger partial charge in [-0.05, 0) is 24.3 Å². The molecule has 1 atom stereocenters. The van der Waals surface area contributed by atoms with E-state index in [1.54, 1.807) is 24.3 Å². The van der Waals surface area contributed by atoms with Gasteiger partial charge in [0, 0.05) is 24.4 Å². The van der Waals surface area contributed by atoms with E-state index in [0.717, 1.165) is 0 Å². The monoisotopic (exact) mass is 447 g/mol. The summed E-state index contributed by atoms with van der Waals surface area (Å²) in [6, 6.07) is 13.3. The molecule has 0 amide bonds. The van der Waals surface area contributed by atoms with Crippen LogP contribution in [0.25, 0.3) is 33.4 Å². The van der Waals surface area contributed by atoms with E-state index in [9.17, 15) is 24.5 Å². The Morgan fingerprint density at radius 2 is 1.70 bits per heavy atom. The van der Waals surface area contributed by atoms with Gasteiger partial charge in [-0.25, -0.2) is 9.59 Å². The number of carbonyl (C=O) groups is 1. The van der Waals surface area contributed by atoms with Crippen molar-refractivity contribution in [2.45, 2.75) is 13.2 Å². The van der Waals surface area contributed by atoms with Gasteiger partial charge < -0.3 is 18.3 Å². The maximum atomic E-state index is 12.9. The molecule has 1 aliphatic rings. The van der Waals surface area contributed by atoms with Crippen molar-refractivity contribution >= 4 is 22.6 Å². The van der Waals surface area contributed by atoms with Crippen molar-refractivity contribution in [2.75, 3.05) is 0 Å². The van der Waals surface area contributed by atoms with Crippen LogP contribution in [0.5, 0.6) is 5.75 Å². The standard InChI is InChI=1S/C23H13NO9/c1-11(25)30-23-17-10-15(14-8-12-4-2-3-5-18(12)31-21(14)26)22(27)33-20(17)16-9-13(24(28)29)6-7-19(16)32-23/h2-10,23H,1H3. The van der Waals surface area contributed by atoms with Crippen LogP contribution in [0, 0.1) is 10.1 Å². The van der Waals surface area contributed by atoms with Crippen LogP contribution < -0.4 is 16.0 Å². The maximum Gasteiger partial charge on any atom is 0.344 e. The molecule has 0 bridgehead atoms. The molecule has 10 heteroatoms. The summed E-state index contributed by atoms with van der Waals surface area (Å²) in [6.45, 7) is 1.17. The number of nitrogens with zero attached hydrogens (tertiary/aromatic N) is 1. The molecule has 4 aromatic rings. The zero-order valence-electron chi connectivity index (χ0n) is 16.9. The Morgan fingerprint density at radius 3 is 2.45 bits per heavy atom. The molecule has 5 rings (SSSR count). The summed E-state index contributed by atoms with van der Waals surface area (Å²) >= 11 is 0. The highest BCUT2D eigenvalue weighted by Crippen LogP contribution is 2.44. The van der Waals surface area contributed by atoms with Gasteiger partial charge in [-0.15, -0.1) is 0 Å². The molecule has 0 aliphatic carbocycles. The van der Waals surface area contributed by atoms with E-state index in [4.69, 9.17) is 18.3 Å². The van der Waals surface area contributed by atoms with E-state index in [2.05, 4.69) is 0 Å². The molecule has 0 fully saturated rings. The van der Waals surface area contributed by atoms with Crippen LogP contribution in [0.15, 0.2) is 73.0 Å². The third-order valence-electron chi connectivity index (χ3n) is 5.09. The predicted molar refractivity (Wildman–Crippen MR) is 114 cm³/mol. The Morgan fingerprint density at radius 1 is 0.970 bits per heavy atom. The number of nitro groups is 1. The van der Waals surface area contributed by atoms with E-state index in [1.807, 2.05) is 0 Å². The third kappa shape index (κ3) is 3.43. The van der Waals surface area contributed by atoms with Crippen molar-refractivity contribution < 1.29 is 28.0 Å². The Labute approximate surface area is 183 Å². The van der Waals surface area contributed by atoms with Crippen LogP contribution >= 0.6 is 0 Å². The Kier molecular flexibility index (Phi) is 4.56. The minimum atomic E-state index is -1.30. The van der Waals surface area contributed by atoms with Gasteiger partial charge in [-0.1, -0.05) is 18.2 Å². The average Bonchev–Trinajstić information content (AvgIpc) is 2.78. The minimum Gasteiger partial charge on any atom is -0.450 e. The first-order chi connectivity index (χ1) is 15.8. The highest BCUT2D eigenvalue weighted by molar-refractivity contribution is 5.82. The molecule has 0 radical (unpaired) electrons. The summed E-state index contributed by atoms with van der Waals surface area (Å²) < 4.78 is 21.7. The summed E-state index contributed by atoms with van der Waals surface area (Å²) in [5, 5.41) is 11.8. The normalized spacial score (nSPS) is 14.2. The number of esters is 1. The van der Waals surface area contributed by atoms with Crippen LogP contribution in [0.2, 0.25) is 0 Å². The first-order valence-corrected chi connectivity index (χ1v) is 9.66. The van der Waals surface area contributed by atoms with Gasteiger partial charge in [-0.2, -0.15) is 0 Å². The smallest absolute Gasteiger partial charge is 0.344 e. The zero-order chi connectivity index (χ0) is 23.3. The minimum absolute atomic E-state index is 0.0586. The number of fused-ring (bicyclic) bond motifs is 4. The lowest BCUT2D eigenvalue weighted by atomic mass is 9.99. The topological polar surface area (TPSA) is 139 Å². The van der Waals surface area contributed by atoms with Gasteiger partial charge in [-0.3, -0.25) is 14.9 Å². The lowest BCUT2D eigenvalue weighted by molar-refractivity contribution is -0.384. The van der Waals surface area contributed by atoms with Crippen LogP contribution in [-0.4, -0.2) is 10.9 Å². The highest BCUT2D eigenvalue weighted by atomic mass is 16.7. The van der Waals surface area contributed by atoms with Crippen LogP contribution in [-0.2, 0) is 9.53 Å². The van der Waals surface area contributed by atoms with Gasteiger partial charge in [0.15, 0.2) is 5.76 Å². The number of ether oxygens (including phenoxy) is 2. The number of non-ortho nitro benzene ring substituents is 1. The second-order valence-electron chi connectivity index (χ2n) is 7.21. The van der Waals surface area contributed by atoms with Crippen LogP contribution in [0.3, 0.4) is 0 Å². The first-order valence-electron chi connectivity index (χ1n) is 9.66. The van der Waals surface area contributed by atoms with E-state index in [0.29, 0.717) is 11.0 Å². The molecular formula is C23H13NO9. The van der Waals surface area contributed by atoms with Gasteiger partial charge in [0.1, 0.15) is 11.3 Å². The number of nitro benzene ring substituents is 1. The molecule has 164 valence electrons. The molecule has 3 heterocycles. The molecule has 0 spiro atoms. The Bertz CT molecular complexity index is 1580. The number of hydrogen-bond acceptors (Lipinski definition) is 9. The molecule has 2 aromatic heterocycles. The van der Waals surface area contributed by atoms with Crippen molar-refractivity contribution in [3.8, 4) is 28.2 Å². The second kappa shape index (κ2) is 7.45. The summed E-state index contributed by atoms with van der Waals surface area (Å²) in [7, 11) is 0. The SMILES string of the molecule is CC(=O)OC1Oc2ccc([N+](=O)[O-])cc2-c2oc(=O)c(-c3cc4ccccc4oc3=O)cc21. The second-order valence-corrected chi connectivity index (χ2v) is 7.21. The average molecular weight is 447 g/mol. The summed E-state index contributed by atoms with van der Waals surface area (Å²) in [5.74, 6) is -0.611. The van der Waals surface area contributed by atoms with E-state index < -0.39 is 28.4 Å². The summed E-state index contributed by atoms with van der Waals surface area (Å²) in [6.07, 6.45) is -1.30. The largest absolute Gasteiger partial charge is 0.450 e. The third-order valence-corrected chi connectivity index (χ3v) is 5.09. The zero-order valence-corrected chi connectivity index (χ0v) is 16.9. The van der Waals surface area contributed by atoms with Crippen molar-refractivity contribution in [2.24, 2.45) is 0 Å². The van der Waals surface area contributed by atoms with Crippen molar-refractivity contribution in [3.63, 3.8) is 0 Å². The van der Waals surface area contributed by atoms with E-state index in [-0.39, 0.29) is 39.5 Å². The molecule has 0 N–H and O–H groups in total. The fourth-order valence-corrected chi connectivity index (χ4v) is 3.64. The molecule has 2 aromatic carbocycles. The lowest BCUT2D eigenvalue weighted by Crippen LogP contribution is -2.22. The molecule has 10 nitrogen and oxygen atoms in total. The lowest BCUT2D eigenvalue weighted by Gasteiger charge is -2.26. The number of para-hydroxylation sites is 1. The summed E-state index contributed by atoms with van der Waals surface area (Å²) in [5.41, 5.74) is -1.50. The number of rotatable bonds is 3. The van der Waals surface area contributed by atoms with Crippen molar-refractivity contribution in [3.05, 3.63) is 91.1 Å². The van der Waals surface area contributed by atoms with Crippen LogP contribution in [0.4, 0.5) is 5.69 Å². The van der Waals surface area contributed by atoms with E-state index >= 15 is 0 Å². The highest BCUT2D eigenvalue weighted by Gasteiger charge is 2.33. The fourth-order valence-electron chi connectivity index (χ4n) is 3.64. The number of hydrogen-bond donors (Lipinski definition) is 0. The molecule has 1 aliphatic heterocycles. The maximum absolute atomic E-state index is 12.9. The number of benzene rings is 2. The van der Waals surface area contributed by atoms with Gasteiger partial charge in [0.05, 0.1) is 27.2 Å². The molecular weight excluding hydrogens is 434 g/mol. The van der Waals surface area contributed by atoms with Gasteiger partial charge in [0.2, 0.25) is 0 Å². The van der Waals surface area contributed by atoms with Crippen LogP contribution in [0.1, 0.15) is 18.8 Å². The Balaban J connectivity index is 1.76. The van der Waals surface area contributed by atoms with Crippen molar-refractivity contribution in [1.82, 2.24) is 0 Å². The van der Waals surface area contributed by atoms with Gasteiger partial charge in [0.25, 0.3) is 12.0 Å². The van der Waals surface area contributed by atoms with E-state index in [1.165, 1.54) is 37.3 Å². The molecule has 33 heavy (non-hydrogen) atoms. The molecule has 0 saturated carbocycles. The molecule has 0 saturated heterocycles. The van der Waals surface area contributed by atoms with Crippen molar-refractivity contribution in [1.29, 1.82) is 0 Å².